The number of urea groups is 1. The van der Waals surface area contributed by atoms with Crippen molar-refractivity contribution in [2.24, 2.45) is 0 Å². The molecule has 0 aromatic heterocycles. The summed E-state index contributed by atoms with van der Waals surface area (Å²) in [6.45, 7) is 4.89. The van der Waals surface area contributed by atoms with Crippen LogP contribution < -0.4 is 5.32 Å². The summed E-state index contributed by atoms with van der Waals surface area (Å²) < 4.78 is 0. The van der Waals surface area contributed by atoms with E-state index in [1.165, 1.54) is 19.3 Å². The molecule has 1 aliphatic heterocycles. The van der Waals surface area contributed by atoms with Crippen molar-refractivity contribution in [3.05, 3.63) is 0 Å². The highest BCUT2D eigenvalue weighted by Crippen LogP contribution is 2.04. The van der Waals surface area contributed by atoms with Crippen LogP contribution in [0.4, 0.5) is 4.79 Å². The van der Waals surface area contributed by atoms with Gasteiger partial charge in [-0.25, -0.2) is 4.79 Å². The number of likely N-dealkylation sites (tertiary alicyclic amines) is 1. The Balaban J connectivity index is 1.94. The first kappa shape index (κ1) is 9.36. The lowest BCUT2D eigenvalue weighted by atomic mass is 10.2. The Labute approximate surface area is 74.1 Å². The van der Waals surface area contributed by atoms with Crippen LogP contribution in [0.3, 0.4) is 0 Å². The first-order valence-corrected chi connectivity index (χ1v) is 4.87. The van der Waals surface area contributed by atoms with Gasteiger partial charge in [-0.1, -0.05) is 19.8 Å². The summed E-state index contributed by atoms with van der Waals surface area (Å²) in [5, 5.41) is 2.91. The van der Waals surface area contributed by atoms with E-state index in [0.717, 1.165) is 26.1 Å². The van der Waals surface area contributed by atoms with E-state index in [0.29, 0.717) is 0 Å². The lowest BCUT2D eigenvalue weighted by molar-refractivity contribution is 0.167. The van der Waals surface area contributed by atoms with Crippen molar-refractivity contribution >= 4 is 6.03 Å². The van der Waals surface area contributed by atoms with Gasteiger partial charge in [-0.3, -0.25) is 0 Å². The Morgan fingerprint density at radius 2 is 2.17 bits per heavy atom. The van der Waals surface area contributed by atoms with E-state index in [1.807, 2.05) is 4.90 Å². The minimum absolute atomic E-state index is 0.123. The van der Waals surface area contributed by atoms with Crippen LogP contribution in [-0.2, 0) is 0 Å². The molecule has 3 heteroatoms. The van der Waals surface area contributed by atoms with Gasteiger partial charge in [0.1, 0.15) is 0 Å². The Morgan fingerprint density at radius 3 is 2.67 bits per heavy atom. The second-order valence-electron chi connectivity index (χ2n) is 3.28. The quantitative estimate of drug-likeness (QED) is 0.638. The maximum Gasteiger partial charge on any atom is 0.317 e. The molecule has 0 atom stereocenters. The van der Waals surface area contributed by atoms with Gasteiger partial charge in [0.05, 0.1) is 0 Å². The van der Waals surface area contributed by atoms with Crippen molar-refractivity contribution < 1.29 is 4.79 Å². The van der Waals surface area contributed by atoms with E-state index < -0.39 is 0 Å². The van der Waals surface area contributed by atoms with Gasteiger partial charge in [0.2, 0.25) is 0 Å². The van der Waals surface area contributed by atoms with Gasteiger partial charge in [-0.05, 0) is 12.8 Å². The largest absolute Gasteiger partial charge is 0.338 e. The third-order valence-electron chi connectivity index (χ3n) is 2.20. The maximum absolute atomic E-state index is 11.2. The number of hydrogen-bond acceptors (Lipinski definition) is 1. The lowest BCUT2D eigenvalue weighted by Crippen LogP contribution is -2.47. The van der Waals surface area contributed by atoms with Gasteiger partial charge < -0.3 is 10.2 Å². The maximum atomic E-state index is 11.2. The molecule has 1 aliphatic rings. The van der Waals surface area contributed by atoms with E-state index in [1.54, 1.807) is 0 Å². The van der Waals surface area contributed by atoms with Gasteiger partial charge in [-0.2, -0.15) is 0 Å². The zero-order valence-corrected chi connectivity index (χ0v) is 7.81. The third kappa shape index (κ3) is 2.72. The van der Waals surface area contributed by atoms with Gasteiger partial charge in [0.15, 0.2) is 0 Å². The average Bonchev–Trinajstić information content (AvgIpc) is 1.95. The second-order valence-corrected chi connectivity index (χ2v) is 3.28. The molecule has 0 aromatic carbocycles. The minimum Gasteiger partial charge on any atom is -0.338 e. The van der Waals surface area contributed by atoms with Gasteiger partial charge in [0.25, 0.3) is 0 Å². The van der Waals surface area contributed by atoms with Crippen molar-refractivity contribution in [2.45, 2.75) is 32.6 Å². The van der Waals surface area contributed by atoms with Gasteiger partial charge in [0, 0.05) is 19.6 Å². The standard InChI is InChI=1S/C9H18N2O/c1-2-3-4-6-10-9(12)11-7-5-8-11/h2-8H2,1H3,(H,10,12). The van der Waals surface area contributed by atoms with Crippen LogP contribution in [0.5, 0.6) is 0 Å². The number of carbonyl (C=O) groups excluding carboxylic acids is 1. The fraction of sp³-hybridized carbons (Fsp3) is 0.889. The Bertz CT molecular complexity index is 143. The predicted octanol–water partition coefficient (Wildman–Crippen LogP) is 1.59. The molecule has 0 bridgehead atoms. The highest BCUT2D eigenvalue weighted by molar-refractivity contribution is 5.74. The molecule has 0 unspecified atom stereocenters. The number of hydrogen-bond donors (Lipinski definition) is 1. The van der Waals surface area contributed by atoms with Crippen LogP contribution >= 0.6 is 0 Å². The number of amides is 2. The highest BCUT2D eigenvalue weighted by atomic mass is 16.2. The summed E-state index contributed by atoms with van der Waals surface area (Å²) in [4.78, 5) is 13.1. The smallest absolute Gasteiger partial charge is 0.317 e. The molecular formula is C9H18N2O. The molecule has 2 amide bonds. The molecule has 1 fully saturated rings. The number of nitrogens with zero attached hydrogens (tertiary/aromatic N) is 1. The Morgan fingerprint density at radius 1 is 1.42 bits per heavy atom. The van der Waals surface area contributed by atoms with Crippen LogP contribution in [0.25, 0.3) is 0 Å². The fourth-order valence-corrected chi connectivity index (χ4v) is 1.20. The molecule has 3 nitrogen and oxygen atoms in total. The van der Waals surface area contributed by atoms with Crippen molar-refractivity contribution in [1.29, 1.82) is 0 Å². The number of carbonyl (C=O) groups is 1. The highest BCUT2D eigenvalue weighted by Gasteiger charge is 2.18. The topological polar surface area (TPSA) is 32.3 Å². The number of rotatable bonds is 4. The summed E-state index contributed by atoms with van der Waals surface area (Å²) in [5.74, 6) is 0. The Kier molecular flexibility index (Phi) is 3.91. The van der Waals surface area contributed by atoms with Gasteiger partial charge >= 0.3 is 6.03 Å². The molecule has 1 N–H and O–H groups in total. The van der Waals surface area contributed by atoms with Crippen LogP contribution in [0.15, 0.2) is 0 Å². The molecule has 1 saturated heterocycles. The lowest BCUT2D eigenvalue weighted by Gasteiger charge is -2.30. The van der Waals surface area contributed by atoms with Crippen molar-refractivity contribution in [3.8, 4) is 0 Å². The molecular weight excluding hydrogens is 152 g/mol. The molecule has 1 heterocycles. The second kappa shape index (κ2) is 5.01. The SMILES string of the molecule is CCCCCNC(=O)N1CCC1. The molecule has 12 heavy (non-hydrogen) atoms. The average molecular weight is 170 g/mol. The zero-order valence-electron chi connectivity index (χ0n) is 7.81. The number of nitrogens with one attached hydrogen (secondary N) is 1. The molecule has 0 spiro atoms. The Hall–Kier alpha value is -0.730. The molecule has 0 aromatic rings. The van der Waals surface area contributed by atoms with Crippen LogP contribution in [0.2, 0.25) is 0 Å². The summed E-state index contributed by atoms with van der Waals surface area (Å²) in [5.41, 5.74) is 0. The molecule has 0 saturated carbocycles. The van der Waals surface area contributed by atoms with Crippen molar-refractivity contribution in [3.63, 3.8) is 0 Å². The summed E-state index contributed by atoms with van der Waals surface area (Å²) in [6.07, 6.45) is 4.69. The van der Waals surface area contributed by atoms with Crippen LogP contribution in [0.1, 0.15) is 32.6 Å². The fourth-order valence-electron chi connectivity index (χ4n) is 1.20. The van der Waals surface area contributed by atoms with Crippen molar-refractivity contribution in [1.82, 2.24) is 10.2 Å². The summed E-state index contributed by atoms with van der Waals surface area (Å²) in [7, 11) is 0. The molecule has 1 rings (SSSR count). The predicted molar refractivity (Wildman–Crippen MR) is 49.1 cm³/mol. The normalized spacial score (nSPS) is 15.6. The monoisotopic (exact) mass is 170 g/mol. The van der Waals surface area contributed by atoms with E-state index in [9.17, 15) is 4.79 Å². The zero-order chi connectivity index (χ0) is 8.81. The van der Waals surface area contributed by atoms with E-state index >= 15 is 0 Å². The summed E-state index contributed by atoms with van der Waals surface area (Å²) >= 11 is 0. The van der Waals surface area contributed by atoms with E-state index in [-0.39, 0.29) is 6.03 Å². The van der Waals surface area contributed by atoms with Crippen molar-refractivity contribution in [2.75, 3.05) is 19.6 Å². The van der Waals surface area contributed by atoms with Gasteiger partial charge in [-0.15, -0.1) is 0 Å². The minimum atomic E-state index is 0.123. The third-order valence-corrected chi connectivity index (χ3v) is 2.20. The first-order valence-electron chi connectivity index (χ1n) is 4.87. The van der Waals surface area contributed by atoms with E-state index in [2.05, 4.69) is 12.2 Å². The number of unbranched alkanes of at least 4 members (excludes halogenated alkanes) is 2. The van der Waals surface area contributed by atoms with Crippen LogP contribution in [-0.4, -0.2) is 30.6 Å². The molecule has 0 radical (unpaired) electrons. The summed E-state index contributed by atoms with van der Waals surface area (Å²) in [6, 6.07) is 0.123. The molecule has 0 aliphatic carbocycles. The molecule has 70 valence electrons. The van der Waals surface area contributed by atoms with E-state index in [4.69, 9.17) is 0 Å². The van der Waals surface area contributed by atoms with Crippen LogP contribution in [0, 0.1) is 0 Å². The first-order chi connectivity index (χ1) is 5.84.